The Kier molecular flexibility index (Phi) is 5.46. The molecule has 2 aliphatic rings. The van der Waals surface area contributed by atoms with Gasteiger partial charge in [0.15, 0.2) is 0 Å². The Bertz CT molecular complexity index is 511. The molecule has 2 aliphatic heterocycles. The van der Waals surface area contributed by atoms with Crippen LogP contribution in [0.5, 0.6) is 0 Å². The normalized spacial score (nSPS) is 25.3. The molecular weight excluding hydrogens is 299 g/mol. The van der Waals surface area contributed by atoms with Gasteiger partial charge in [0.2, 0.25) is 0 Å². The first-order valence-corrected chi connectivity index (χ1v) is 8.21. The van der Waals surface area contributed by atoms with Gasteiger partial charge in [0, 0.05) is 25.7 Å². The molecule has 2 amide bonds. The van der Waals surface area contributed by atoms with Gasteiger partial charge in [0.25, 0.3) is 0 Å². The molecule has 0 aromatic heterocycles. The Morgan fingerprint density at radius 3 is 2.74 bits per heavy atom. The Morgan fingerprint density at radius 1 is 1.26 bits per heavy atom. The van der Waals surface area contributed by atoms with Crippen LogP contribution in [-0.4, -0.2) is 38.5 Å². The zero-order chi connectivity index (χ0) is 16.1. The number of carbonyl (C=O) groups excluding carboxylic acids is 1. The van der Waals surface area contributed by atoms with Crippen molar-refractivity contribution in [2.45, 2.75) is 31.4 Å². The summed E-state index contributed by atoms with van der Waals surface area (Å²) in [4.78, 5) is 12.2. The van der Waals surface area contributed by atoms with Gasteiger partial charge in [-0.1, -0.05) is 12.1 Å². The molecule has 2 heterocycles. The number of urea groups is 1. The van der Waals surface area contributed by atoms with Gasteiger partial charge in [-0.05, 0) is 37.0 Å². The molecule has 1 aromatic carbocycles. The number of ether oxygens (including phenoxy) is 2. The maximum atomic E-state index is 13.1. The van der Waals surface area contributed by atoms with Crippen LogP contribution >= 0.6 is 0 Å². The topological polar surface area (TPSA) is 59.6 Å². The third kappa shape index (κ3) is 4.42. The number of nitrogens with one attached hydrogen (secondary N) is 2. The monoisotopic (exact) mass is 322 g/mol. The highest BCUT2D eigenvalue weighted by atomic mass is 19.1. The van der Waals surface area contributed by atoms with Gasteiger partial charge in [-0.3, -0.25) is 0 Å². The molecule has 0 saturated carbocycles. The zero-order valence-electron chi connectivity index (χ0n) is 13.1. The molecule has 5 nitrogen and oxygen atoms in total. The minimum Gasteiger partial charge on any atom is -0.381 e. The summed E-state index contributed by atoms with van der Waals surface area (Å²) in [6.45, 7) is 2.77. The quantitative estimate of drug-likeness (QED) is 0.875. The van der Waals surface area contributed by atoms with Gasteiger partial charge in [0.1, 0.15) is 5.82 Å². The van der Waals surface area contributed by atoms with Crippen molar-refractivity contribution < 1.29 is 18.7 Å². The average Bonchev–Trinajstić information content (AvgIpc) is 3.25. The van der Waals surface area contributed by atoms with Gasteiger partial charge in [-0.25, -0.2) is 9.18 Å². The maximum absolute atomic E-state index is 13.1. The van der Waals surface area contributed by atoms with E-state index in [0.717, 1.165) is 31.4 Å². The predicted octanol–water partition coefficient (Wildman–Crippen LogP) is 2.38. The molecule has 1 aromatic rings. The van der Waals surface area contributed by atoms with E-state index >= 15 is 0 Å². The van der Waals surface area contributed by atoms with Crippen molar-refractivity contribution in [3.05, 3.63) is 35.6 Å². The fourth-order valence-corrected chi connectivity index (χ4v) is 3.10. The molecule has 2 saturated heterocycles. The van der Waals surface area contributed by atoms with Crippen molar-refractivity contribution in [1.29, 1.82) is 0 Å². The Labute approximate surface area is 135 Å². The number of halogens is 1. The highest BCUT2D eigenvalue weighted by Crippen LogP contribution is 2.27. The Morgan fingerprint density at radius 2 is 2.09 bits per heavy atom. The first-order chi connectivity index (χ1) is 11.2. The van der Waals surface area contributed by atoms with Gasteiger partial charge < -0.3 is 20.1 Å². The van der Waals surface area contributed by atoms with Crippen LogP contribution in [0.15, 0.2) is 24.3 Å². The second-order valence-corrected chi connectivity index (χ2v) is 6.16. The second kappa shape index (κ2) is 7.75. The van der Waals surface area contributed by atoms with Crippen molar-refractivity contribution >= 4 is 6.03 Å². The molecule has 0 radical (unpaired) electrons. The average molecular weight is 322 g/mol. The number of carbonyl (C=O) groups is 1. The molecule has 0 spiro atoms. The number of amides is 2. The Balaban J connectivity index is 1.60. The largest absolute Gasteiger partial charge is 0.381 e. The minimum atomic E-state index is -0.287. The van der Waals surface area contributed by atoms with Gasteiger partial charge >= 0.3 is 6.03 Å². The van der Waals surface area contributed by atoms with E-state index in [4.69, 9.17) is 9.47 Å². The fourth-order valence-electron chi connectivity index (χ4n) is 3.10. The number of hydrogen-bond acceptors (Lipinski definition) is 3. The van der Waals surface area contributed by atoms with Gasteiger partial charge in [-0.15, -0.1) is 0 Å². The smallest absolute Gasteiger partial charge is 0.315 e. The summed E-state index contributed by atoms with van der Waals surface area (Å²) in [5.41, 5.74) is 0.859. The van der Waals surface area contributed by atoms with E-state index in [2.05, 4.69) is 10.6 Å². The summed E-state index contributed by atoms with van der Waals surface area (Å²) in [7, 11) is 0. The molecule has 0 bridgehead atoms. The predicted molar refractivity (Wildman–Crippen MR) is 83.6 cm³/mol. The zero-order valence-corrected chi connectivity index (χ0v) is 13.1. The number of benzene rings is 1. The van der Waals surface area contributed by atoms with E-state index < -0.39 is 0 Å². The van der Waals surface area contributed by atoms with Crippen LogP contribution < -0.4 is 10.6 Å². The molecule has 23 heavy (non-hydrogen) atoms. The number of hydrogen-bond donors (Lipinski definition) is 2. The minimum absolute atomic E-state index is 0.0685. The van der Waals surface area contributed by atoms with Crippen molar-refractivity contribution in [3.8, 4) is 0 Å². The standard InChI is InChI=1S/C17H23FN2O3/c18-14-5-3-13(4-6-14)16(15-2-1-8-23-15)20-17(21)19-10-12-7-9-22-11-12/h3-6,12,15-16H,1-2,7-11H2,(H2,19,20,21)/t12-,15-,16-/m0/s1. The lowest BCUT2D eigenvalue weighted by molar-refractivity contribution is 0.0806. The van der Waals surface area contributed by atoms with Crippen LogP contribution in [0.1, 0.15) is 30.9 Å². The lowest BCUT2D eigenvalue weighted by atomic mass is 9.99. The van der Waals surface area contributed by atoms with Crippen molar-refractivity contribution in [1.82, 2.24) is 10.6 Å². The summed E-state index contributed by atoms with van der Waals surface area (Å²) >= 11 is 0. The van der Waals surface area contributed by atoms with Crippen LogP contribution in [0.3, 0.4) is 0 Å². The molecule has 2 fully saturated rings. The van der Waals surface area contributed by atoms with E-state index in [0.29, 0.717) is 25.7 Å². The van der Waals surface area contributed by atoms with Crippen molar-refractivity contribution in [3.63, 3.8) is 0 Å². The summed E-state index contributed by atoms with van der Waals surface area (Å²) < 4.78 is 24.2. The van der Waals surface area contributed by atoms with Crippen LogP contribution in [0.2, 0.25) is 0 Å². The van der Waals surface area contributed by atoms with Crippen LogP contribution in [-0.2, 0) is 9.47 Å². The van der Waals surface area contributed by atoms with Crippen molar-refractivity contribution in [2.75, 3.05) is 26.4 Å². The first-order valence-electron chi connectivity index (χ1n) is 8.21. The fraction of sp³-hybridized carbons (Fsp3) is 0.588. The summed E-state index contributed by atoms with van der Waals surface area (Å²) in [5, 5.41) is 5.88. The highest BCUT2D eigenvalue weighted by molar-refractivity contribution is 5.74. The van der Waals surface area contributed by atoms with Crippen LogP contribution in [0.4, 0.5) is 9.18 Å². The highest BCUT2D eigenvalue weighted by Gasteiger charge is 2.29. The molecule has 3 rings (SSSR count). The molecule has 0 aliphatic carbocycles. The van der Waals surface area contributed by atoms with E-state index in [1.54, 1.807) is 12.1 Å². The molecule has 126 valence electrons. The van der Waals surface area contributed by atoms with E-state index in [9.17, 15) is 9.18 Å². The van der Waals surface area contributed by atoms with E-state index in [-0.39, 0.29) is 24.0 Å². The third-order valence-corrected chi connectivity index (χ3v) is 4.43. The number of rotatable bonds is 5. The Hall–Kier alpha value is -1.66. The lowest BCUT2D eigenvalue weighted by Gasteiger charge is -2.25. The third-order valence-electron chi connectivity index (χ3n) is 4.43. The lowest BCUT2D eigenvalue weighted by Crippen LogP contribution is -2.43. The van der Waals surface area contributed by atoms with E-state index in [1.165, 1.54) is 12.1 Å². The molecule has 6 heteroatoms. The van der Waals surface area contributed by atoms with E-state index in [1.807, 2.05) is 0 Å². The van der Waals surface area contributed by atoms with Gasteiger partial charge in [-0.2, -0.15) is 0 Å². The van der Waals surface area contributed by atoms with Crippen molar-refractivity contribution in [2.24, 2.45) is 5.92 Å². The summed E-state index contributed by atoms with van der Waals surface area (Å²) in [5.74, 6) is 0.0956. The molecule has 2 N–H and O–H groups in total. The second-order valence-electron chi connectivity index (χ2n) is 6.16. The molecule has 3 atom stereocenters. The van der Waals surface area contributed by atoms with Gasteiger partial charge in [0.05, 0.1) is 18.8 Å². The van der Waals surface area contributed by atoms with Crippen LogP contribution in [0, 0.1) is 11.7 Å². The first kappa shape index (κ1) is 16.2. The summed E-state index contributed by atoms with van der Waals surface area (Å²) in [6.07, 6.45) is 2.78. The maximum Gasteiger partial charge on any atom is 0.315 e. The molecule has 0 unspecified atom stereocenters. The SMILES string of the molecule is O=C(NC[C@@H]1CCOC1)N[C@@H](c1ccc(F)cc1)[C@@H]1CCCO1. The summed E-state index contributed by atoms with van der Waals surface area (Å²) in [6, 6.07) is 5.73. The molecular formula is C17H23FN2O3. The van der Waals surface area contributed by atoms with Crippen LogP contribution in [0.25, 0.3) is 0 Å².